The highest BCUT2D eigenvalue weighted by atomic mass is 19.3. The Balaban J connectivity index is 2.54. The molecular formula is C14H16F2O4. The number of carbonyl (C=O) groups excluding carboxylic acids is 1. The van der Waals surface area contributed by atoms with Crippen LogP contribution in [-0.4, -0.2) is 30.2 Å². The fourth-order valence-electron chi connectivity index (χ4n) is 2.36. The minimum Gasteiger partial charge on any atom is -0.493 e. The van der Waals surface area contributed by atoms with E-state index < -0.39 is 23.4 Å². The van der Waals surface area contributed by atoms with Crippen molar-refractivity contribution in [3.63, 3.8) is 0 Å². The van der Waals surface area contributed by atoms with Crippen LogP contribution in [0.5, 0.6) is 5.75 Å². The Morgan fingerprint density at radius 2 is 2.20 bits per heavy atom. The van der Waals surface area contributed by atoms with Crippen molar-refractivity contribution < 1.29 is 28.2 Å². The van der Waals surface area contributed by atoms with E-state index in [-0.39, 0.29) is 24.5 Å². The lowest BCUT2D eigenvalue weighted by Crippen LogP contribution is -2.58. The summed E-state index contributed by atoms with van der Waals surface area (Å²) in [6.07, 6.45) is 0. The number of carbonyl (C=O) groups is 1. The van der Waals surface area contributed by atoms with E-state index in [1.54, 1.807) is 6.07 Å². The minimum atomic E-state index is -4.05. The molecule has 20 heavy (non-hydrogen) atoms. The van der Waals surface area contributed by atoms with Gasteiger partial charge in [0.15, 0.2) is 5.60 Å². The Kier molecular flexibility index (Phi) is 3.69. The molecule has 0 bridgehead atoms. The van der Waals surface area contributed by atoms with Crippen LogP contribution in [0.3, 0.4) is 0 Å². The molecule has 1 aliphatic rings. The van der Waals surface area contributed by atoms with Gasteiger partial charge in [0.05, 0.1) is 13.2 Å². The van der Waals surface area contributed by atoms with Gasteiger partial charge in [-0.2, -0.15) is 8.78 Å². The molecule has 0 saturated carbocycles. The van der Waals surface area contributed by atoms with E-state index in [0.29, 0.717) is 0 Å². The Morgan fingerprint density at radius 3 is 2.85 bits per heavy atom. The molecular weight excluding hydrogens is 270 g/mol. The van der Waals surface area contributed by atoms with E-state index >= 15 is 0 Å². The summed E-state index contributed by atoms with van der Waals surface area (Å²) in [6.45, 7) is 2.54. The molecule has 1 N–H and O–H groups in total. The maximum Gasteiger partial charge on any atom is 0.380 e. The maximum absolute atomic E-state index is 14.4. The van der Waals surface area contributed by atoms with Crippen LogP contribution < -0.4 is 4.74 Å². The first kappa shape index (κ1) is 14.7. The van der Waals surface area contributed by atoms with Crippen LogP contribution in [0.2, 0.25) is 0 Å². The van der Waals surface area contributed by atoms with Crippen molar-refractivity contribution in [2.24, 2.45) is 5.92 Å². The molecule has 2 rings (SSSR count). The molecule has 0 aliphatic carbocycles. The van der Waals surface area contributed by atoms with Gasteiger partial charge in [0.1, 0.15) is 5.75 Å². The Bertz CT molecular complexity index is 518. The molecule has 0 spiro atoms. The van der Waals surface area contributed by atoms with Gasteiger partial charge in [0.2, 0.25) is 0 Å². The average molecular weight is 286 g/mol. The third kappa shape index (κ3) is 1.95. The molecule has 0 radical (unpaired) electrons. The van der Waals surface area contributed by atoms with E-state index in [0.717, 1.165) is 0 Å². The second-order valence-corrected chi connectivity index (χ2v) is 4.77. The van der Waals surface area contributed by atoms with Gasteiger partial charge >= 0.3 is 11.9 Å². The lowest BCUT2D eigenvalue weighted by Gasteiger charge is -2.42. The van der Waals surface area contributed by atoms with Crippen LogP contribution in [0.1, 0.15) is 19.4 Å². The number of alkyl halides is 2. The number of halogens is 2. The summed E-state index contributed by atoms with van der Waals surface area (Å²) in [5.41, 5.74) is -2.74. The van der Waals surface area contributed by atoms with Gasteiger partial charge in [0.25, 0.3) is 0 Å². The van der Waals surface area contributed by atoms with E-state index in [1.807, 2.05) is 0 Å². The SMILES string of the molecule is CCOC(=O)C(F)(F)C1(O)c2ccccc2OCC1C. The first-order valence-electron chi connectivity index (χ1n) is 6.35. The zero-order chi connectivity index (χ0) is 15.0. The second-order valence-electron chi connectivity index (χ2n) is 4.77. The third-order valence-corrected chi connectivity index (χ3v) is 3.51. The molecule has 2 atom stereocenters. The predicted octanol–water partition coefficient (Wildman–Crippen LogP) is 2.10. The summed E-state index contributed by atoms with van der Waals surface area (Å²) in [5, 5.41) is 10.6. The van der Waals surface area contributed by atoms with Gasteiger partial charge in [-0.1, -0.05) is 25.1 Å². The van der Waals surface area contributed by atoms with Gasteiger partial charge in [-0.25, -0.2) is 4.79 Å². The van der Waals surface area contributed by atoms with Crippen LogP contribution in [-0.2, 0) is 15.1 Å². The smallest absolute Gasteiger partial charge is 0.380 e. The number of rotatable bonds is 3. The lowest BCUT2D eigenvalue weighted by molar-refractivity contribution is -0.237. The molecule has 4 nitrogen and oxygen atoms in total. The van der Waals surface area contributed by atoms with Crippen LogP contribution in [0.25, 0.3) is 0 Å². The van der Waals surface area contributed by atoms with Crippen molar-refractivity contribution >= 4 is 5.97 Å². The zero-order valence-corrected chi connectivity index (χ0v) is 11.2. The second kappa shape index (κ2) is 5.01. The van der Waals surface area contributed by atoms with E-state index in [9.17, 15) is 18.7 Å². The van der Waals surface area contributed by atoms with Gasteiger partial charge in [0, 0.05) is 11.5 Å². The topological polar surface area (TPSA) is 55.8 Å². The van der Waals surface area contributed by atoms with E-state index in [2.05, 4.69) is 4.74 Å². The molecule has 1 heterocycles. The summed E-state index contributed by atoms with van der Waals surface area (Å²) in [6, 6.07) is 5.93. The summed E-state index contributed by atoms with van der Waals surface area (Å²) in [4.78, 5) is 11.6. The molecule has 1 aliphatic heterocycles. The number of para-hydroxylation sites is 1. The Hall–Kier alpha value is -1.69. The highest BCUT2D eigenvalue weighted by Gasteiger charge is 2.65. The molecule has 6 heteroatoms. The zero-order valence-electron chi connectivity index (χ0n) is 11.2. The Labute approximate surface area is 115 Å². The predicted molar refractivity (Wildman–Crippen MR) is 66.6 cm³/mol. The van der Waals surface area contributed by atoms with Gasteiger partial charge in [-0.05, 0) is 13.0 Å². The van der Waals surface area contributed by atoms with E-state index in [4.69, 9.17) is 4.74 Å². The number of esters is 1. The summed E-state index contributed by atoms with van der Waals surface area (Å²) in [7, 11) is 0. The number of hydrogen-bond donors (Lipinski definition) is 1. The monoisotopic (exact) mass is 286 g/mol. The highest BCUT2D eigenvalue weighted by molar-refractivity contribution is 5.80. The van der Waals surface area contributed by atoms with Crippen LogP contribution in [0.15, 0.2) is 24.3 Å². The van der Waals surface area contributed by atoms with Crippen molar-refractivity contribution in [1.82, 2.24) is 0 Å². The van der Waals surface area contributed by atoms with Crippen molar-refractivity contribution in [3.8, 4) is 5.75 Å². The maximum atomic E-state index is 14.4. The molecule has 1 aromatic rings. The first-order valence-corrected chi connectivity index (χ1v) is 6.35. The summed E-state index contributed by atoms with van der Waals surface area (Å²) < 4.78 is 38.6. The number of benzene rings is 1. The molecule has 0 amide bonds. The molecule has 0 aromatic heterocycles. The first-order chi connectivity index (χ1) is 9.35. The van der Waals surface area contributed by atoms with E-state index in [1.165, 1.54) is 32.0 Å². The fraction of sp³-hybridized carbons (Fsp3) is 0.500. The summed E-state index contributed by atoms with van der Waals surface area (Å²) >= 11 is 0. The average Bonchev–Trinajstić information content (AvgIpc) is 2.43. The van der Waals surface area contributed by atoms with Crippen LogP contribution in [0, 0.1) is 5.92 Å². The van der Waals surface area contributed by atoms with Gasteiger partial charge in [-0.15, -0.1) is 0 Å². The number of ether oxygens (including phenoxy) is 2. The third-order valence-electron chi connectivity index (χ3n) is 3.51. The highest BCUT2D eigenvalue weighted by Crippen LogP contribution is 2.49. The van der Waals surface area contributed by atoms with Gasteiger partial charge in [-0.3, -0.25) is 0 Å². The van der Waals surface area contributed by atoms with Crippen LogP contribution >= 0.6 is 0 Å². The molecule has 1 aromatic carbocycles. The number of hydrogen-bond acceptors (Lipinski definition) is 4. The lowest BCUT2D eigenvalue weighted by atomic mass is 9.75. The standard InChI is InChI=1S/C14H16F2O4/c1-3-19-12(17)14(15,16)13(18)9(2)8-20-11-7-5-4-6-10(11)13/h4-7,9,18H,3,8H2,1-2H3. The van der Waals surface area contributed by atoms with Gasteiger partial charge < -0.3 is 14.6 Å². The largest absolute Gasteiger partial charge is 0.493 e. The molecule has 0 saturated heterocycles. The normalized spacial score (nSPS) is 25.6. The van der Waals surface area contributed by atoms with Crippen LogP contribution in [0.4, 0.5) is 8.78 Å². The molecule has 2 unspecified atom stereocenters. The van der Waals surface area contributed by atoms with Crippen molar-refractivity contribution in [1.29, 1.82) is 0 Å². The molecule has 110 valence electrons. The summed E-state index contributed by atoms with van der Waals surface area (Å²) in [5.74, 6) is -6.59. The van der Waals surface area contributed by atoms with Crippen molar-refractivity contribution in [2.45, 2.75) is 25.4 Å². The minimum absolute atomic E-state index is 0.100. The van der Waals surface area contributed by atoms with Crippen molar-refractivity contribution in [3.05, 3.63) is 29.8 Å². The quantitative estimate of drug-likeness (QED) is 0.865. The van der Waals surface area contributed by atoms with Crippen molar-refractivity contribution in [2.75, 3.05) is 13.2 Å². The number of fused-ring (bicyclic) bond motifs is 1. The number of aliphatic hydroxyl groups is 1. The molecule has 0 fully saturated rings. The Morgan fingerprint density at radius 1 is 1.55 bits per heavy atom. The fourth-order valence-corrected chi connectivity index (χ4v) is 2.36.